The van der Waals surface area contributed by atoms with Gasteiger partial charge in [0.15, 0.2) is 5.96 Å². The lowest BCUT2D eigenvalue weighted by molar-refractivity contribution is -0.143. The molecule has 0 atom stereocenters. The minimum absolute atomic E-state index is 0.137. The van der Waals surface area contributed by atoms with E-state index in [1.165, 1.54) is 5.00 Å². The molecule has 2 rings (SSSR count). The molecule has 1 aromatic rings. The zero-order valence-electron chi connectivity index (χ0n) is 14.7. The van der Waals surface area contributed by atoms with Gasteiger partial charge in [0.25, 0.3) is 0 Å². The van der Waals surface area contributed by atoms with E-state index >= 15 is 0 Å². The van der Waals surface area contributed by atoms with Gasteiger partial charge in [-0.3, -0.25) is 9.79 Å². The molecule has 7 heteroatoms. The molecular weight excluding hydrogens is 324 g/mol. The van der Waals surface area contributed by atoms with Crippen LogP contribution < -0.4 is 10.2 Å². The molecule has 0 saturated carbocycles. The van der Waals surface area contributed by atoms with Crippen molar-refractivity contribution in [1.82, 2.24) is 10.2 Å². The number of hydrogen-bond donors (Lipinski definition) is 1. The smallest absolute Gasteiger partial charge is 0.305 e. The number of carbonyl (C=O) groups is 1. The number of esters is 1. The van der Waals surface area contributed by atoms with Crippen LogP contribution in [-0.2, 0) is 9.53 Å². The summed E-state index contributed by atoms with van der Waals surface area (Å²) in [5, 5.41) is 6.82. The Morgan fingerprint density at radius 1 is 1.33 bits per heavy atom. The average molecular weight is 353 g/mol. The van der Waals surface area contributed by atoms with Crippen LogP contribution in [0.1, 0.15) is 26.7 Å². The number of anilines is 1. The van der Waals surface area contributed by atoms with Crippen LogP contribution in [0.3, 0.4) is 0 Å². The Morgan fingerprint density at radius 2 is 2.12 bits per heavy atom. The number of hydrogen-bond acceptors (Lipinski definition) is 5. The fourth-order valence-corrected chi connectivity index (χ4v) is 3.44. The largest absolute Gasteiger partial charge is 0.466 e. The third kappa shape index (κ3) is 5.70. The third-order valence-corrected chi connectivity index (χ3v) is 4.77. The topological polar surface area (TPSA) is 57.2 Å². The van der Waals surface area contributed by atoms with Crippen LogP contribution in [0.15, 0.2) is 22.5 Å². The summed E-state index contributed by atoms with van der Waals surface area (Å²) in [4.78, 5) is 20.8. The highest BCUT2D eigenvalue weighted by Crippen LogP contribution is 2.22. The molecule has 0 amide bonds. The van der Waals surface area contributed by atoms with Gasteiger partial charge in [-0.1, -0.05) is 0 Å². The van der Waals surface area contributed by atoms with Crippen LogP contribution in [0.2, 0.25) is 0 Å². The molecule has 1 fully saturated rings. The first-order valence-corrected chi connectivity index (χ1v) is 9.60. The highest BCUT2D eigenvalue weighted by atomic mass is 32.1. The SMILES string of the molecule is CCNC(=NCCCC(=O)OCC)N1CCN(c2cccs2)CC1. The number of ether oxygens (including phenoxy) is 1. The fourth-order valence-electron chi connectivity index (χ4n) is 2.66. The Balaban J connectivity index is 1.80. The zero-order chi connectivity index (χ0) is 17.2. The molecule has 134 valence electrons. The van der Waals surface area contributed by atoms with Crippen LogP contribution in [-0.4, -0.2) is 62.7 Å². The first-order valence-electron chi connectivity index (χ1n) is 8.72. The maximum absolute atomic E-state index is 11.4. The third-order valence-electron chi connectivity index (χ3n) is 3.84. The van der Waals surface area contributed by atoms with Crippen molar-refractivity contribution in [2.24, 2.45) is 4.99 Å². The second kappa shape index (κ2) is 10.2. The van der Waals surface area contributed by atoms with Gasteiger partial charge in [0.2, 0.25) is 0 Å². The van der Waals surface area contributed by atoms with Crippen molar-refractivity contribution < 1.29 is 9.53 Å². The van der Waals surface area contributed by atoms with Gasteiger partial charge in [0.1, 0.15) is 0 Å². The normalized spacial score (nSPS) is 15.5. The summed E-state index contributed by atoms with van der Waals surface area (Å²) in [7, 11) is 0. The molecule has 1 aromatic heterocycles. The van der Waals surface area contributed by atoms with E-state index in [-0.39, 0.29) is 5.97 Å². The maximum Gasteiger partial charge on any atom is 0.305 e. The molecule has 2 heterocycles. The predicted octanol–water partition coefficient (Wildman–Crippen LogP) is 2.18. The number of nitrogens with zero attached hydrogens (tertiary/aromatic N) is 3. The standard InChI is InChI=1S/C17H28N4O2S/c1-3-18-17(19-9-5-8-16(22)23-4-2)21-12-10-20(11-13-21)15-7-6-14-24-15/h6-7,14H,3-5,8-13H2,1-2H3,(H,18,19). The van der Waals surface area contributed by atoms with Gasteiger partial charge in [0, 0.05) is 45.7 Å². The predicted molar refractivity (Wildman–Crippen MR) is 100.0 cm³/mol. The van der Waals surface area contributed by atoms with Gasteiger partial charge in [-0.25, -0.2) is 0 Å². The molecule has 0 aromatic carbocycles. The summed E-state index contributed by atoms with van der Waals surface area (Å²) in [5.41, 5.74) is 0. The summed E-state index contributed by atoms with van der Waals surface area (Å²) >= 11 is 1.79. The summed E-state index contributed by atoms with van der Waals surface area (Å²) < 4.78 is 4.94. The van der Waals surface area contributed by atoms with Gasteiger partial charge >= 0.3 is 5.97 Å². The van der Waals surface area contributed by atoms with E-state index in [1.807, 2.05) is 6.92 Å². The second-order valence-electron chi connectivity index (χ2n) is 5.57. The Labute approximate surface area is 148 Å². The molecular formula is C17H28N4O2S. The maximum atomic E-state index is 11.4. The fraction of sp³-hybridized carbons (Fsp3) is 0.647. The molecule has 6 nitrogen and oxygen atoms in total. The molecule has 1 aliphatic heterocycles. The van der Waals surface area contributed by atoms with Crippen molar-refractivity contribution in [2.45, 2.75) is 26.7 Å². The van der Waals surface area contributed by atoms with E-state index in [0.29, 0.717) is 19.6 Å². The van der Waals surface area contributed by atoms with E-state index < -0.39 is 0 Å². The van der Waals surface area contributed by atoms with Crippen LogP contribution in [0.4, 0.5) is 5.00 Å². The van der Waals surface area contributed by atoms with Crippen LogP contribution >= 0.6 is 11.3 Å². The minimum atomic E-state index is -0.137. The Hall–Kier alpha value is -1.76. The quantitative estimate of drug-likeness (QED) is 0.353. The van der Waals surface area contributed by atoms with Crippen molar-refractivity contribution >= 4 is 28.3 Å². The lowest BCUT2D eigenvalue weighted by Crippen LogP contribution is -2.52. The molecule has 0 spiro atoms. The summed E-state index contributed by atoms with van der Waals surface area (Å²) in [6.45, 7) is 9.78. The van der Waals surface area contributed by atoms with E-state index in [4.69, 9.17) is 4.74 Å². The van der Waals surface area contributed by atoms with Crippen molar-refractivity contribution in [3.8, 4) is 0 Å². The number of guanidine groups is 1. The minimum Gasteiger partial charge on any atom is -0.466 e. The van der Waals surface area contributed by atoms with E-state index in [9.17, 15) is 4.79 Å². The van der Waals surface area contributed by atoms with Crippen LogP contribution in [0.5, 0.6) is 0 Å². The van der Waals surface area contributed by atoms with Gasteiger partial charge in [-0.2, -0.15) is 0 Å². The molecule has 0 radical (unpaired) electrons. The summed E-state index contributed by atoms with van der Waals surface area (Å²) in [5.74, 6) is 0.814. The van der Waals surface area contributed by atoms with E-state index in [1.54, 1.807) is 11.3 Å². The van der Waals surface area contributed by atoms with Crippen LogP contribution in [0, 0.1) is 0 Å². The molecule has 24 heavy (non-hydrogen) atoms. The van der Waals surface area contributed by atoms with Gasteiger partial charge in [-0.15, -0.1) is 11.3 Å². The average Bonchev–Trinajstić information content (AvgIpc) is 3.13. The number of piperazine rings is 1. The first kappa shape index (κ1) is 18.6. The number of carbonyl (C=O) groups excluding carboxylic acids is 1. The summed E-state index contributed by atoms with van der Waals surface area (Å²) in [6.07, 6.45) is 1.16. The molecule has 1 saturated heterocycles. The lowest BCUT2D eigenvalue weighted by atomic mass is 10.3. The van der Waals surface area contributed by atoms with Crippen molar-refractivity contribution in [2.75, 3.05) is 50.8 Å². The first-order chi connectivity index (χ1) is 11.7. The zero-order valence-corrected chi connectivity index (χ0v) is 15.5. The highest BCUT2D eigenvalue weighted by molar-refractivity contribution is 7.14. The number of rotatable bonds is 7. The molecule has 0 aliphatic carbocycles. The molecule has 1 N–H and O–H groups in total. The second-order valence-corrected chi connectivity index (χ2v) is 6.50. The van der Waals surface area contributed by atoms with Crippen molar-refractivity contribution in [1.29, 1.82) is 0 Å². The molecule has 0 unspecified atom stereocenters. The number of nitrogens with one attached hydrogen (secondary N) is 1. The van der Waals surface area contributed by atoms with E-state index in [2.05, 4.69) is 44.5 Å². The Bertz CT molecular complexity index is 511. The van der Waals surface area contributed by atoms with Gasteiger partial charge in [-0.05, 0) is 37.8 Å². The monoisotopic (exact) mass is 352 g/mol. The van der Waals surface area contributed by atoms with Crippen LogP contribution in [0.25, 0.3) is 0 Å². The van der Waals surface area contributed by atoms with Gasteiger partial charge < -0.3 is 19.9 Å². The number of thiophene rings is 1. The summed E-state index contributed by atoms with van der Waals surface area (Å²) in [6, 6.07) is 4.27. The highest BCUT2D eigenvalue weighted by Gasteiger charge is 2.20. The van der Waals surface area contributed by atoms with Gasteiger partial charge in [0.05, 0.1) is 11.6 Å². The Kier molecular flexibility index (Phi) is 7.88. The molecule has 0 bridgehead atoms. The molecule has 1 aliphatic rings. The van der Waals surface area contributed by atoms with Crippen molar-refractivity contribution in [3.05, 3.63) is 17.5 Å². The van der Waals surface area contributed by atoms with Crippen molar-refractivity contribution in [3.63, 3.8) is 0 Å². The lowest BCUT2D eigenvalue weighted by Gasteiger charge is -2.37. The van der Waals surface area contributed by atoms with E-state index in [0.717, 1.165) is 45.1 Å². The number of aliphatic imine (C=N–C) groups is 1. The Morgan fingerprint density at radius 3 is 2.75 bits per heavy atom.